The Hall–Kier alpha value is -5.22. The van der Waals surface area contributed by atoms with Crippen LogP contribution in [-0.2, 0) is 19.1 Å². The van der Waals surface area contributed by atoms with Crippen molar-refractivity contribution in [2.75, 3.05) is 33.9 Å². The van der Waals surface area contributed by atoms with Crippen molar-refractivity contribution >= 4 is 56.1 Å². The monoisotopic (exact) mass is 758 g/mol. The number of H-pyrrole nitrogens is 2. The van der Waals surface area contributed by atoms with E-state index in [9.17, 15) is 19.2 Å². The number of thiophene rings is 2. The number of nitrogens with zero attached hydrogens (tertiary/aromatic N) is 4. The third-order valence-electron chi connectivity index (χ3n) is 9.84. The Kier molecular flexibility index (Phi) is 10.5. The summed E-state index contributed by atoms with van der Waals surface area (Å²) in [6.45, 7) is 4.91. The zero-order valence-corrected chi connectivity index (χ0v) is 31.6. The fourth-order valence-corrected chi connectivity index (χ4v) is 9.44. The molecule has 1 aromatic carbocycles. The lowest BCUT2D eigenvalue weighted by molar-refractivity contribution is -0.135. The van der Waals surface area contributed by atoms with Gasteiger partial charge in [0.2, 0.25) is 11.8 Å². The van der Waals surface area contributed by atoms with Crippen LogP contribution in [0.3, 0.4) is 0 Å². The quantitative estimate of drug-likeness (QED) is 0.125. The number of fused-ring (bicyclic) bond motifs is 1. The minimum Gasteiger partial charge on any atom is -0.453 e. The van der Waals surface area contributed by atoms with Crippen molar-refractivity contribution in [2.45, 2.75) is 57.7 Å². The van der Waals surface area contributed by atoms with Gasteiger partial charge >= 0.3 is 12.2 Å². The van der Waals surface area contributed by atoms with Crippen molar-refractivity contribution in [3.05, 3.63) is 60.4 Å². The van der Waals surface area contributed by atoms with E-state index in [-0.39, 0.29) is 36.4 Å². The highest BCUT2D eigenvalue weighted by atomic mass is 32.1. The number of rotatable bonds is 10. The first-order valence-corrected chi connectivity index (χ1v) is 19.3. The lowest BCUT2D eigenvalue weighted by atomic mass is 10.0. The van der Waals surface area contributed by atoms with Gasteiger partial charge in [0, 0.05) is 27.4 Å². The molecule has 2 fully saturated rings. The molecule has 16 heteroatoms. The summed E-state index contributed by atoms with van der Waals surface area (Å²) in [6.07, 6.45) is 5.70. The van der Waals surface area contributed by atoms with E-state index in [4.69, 9.17) is 9.72 Å². The van der Waals surface area contributed by atoms with Gasteiger partial charge in [0.15, 0.2) is 0 Å². The van der Waals surface area contributed by atoms with Crippen molar-refractivity contribution in [3.8, 4) is 32.3 Å². The number of carbonyl (C=O) groups is 4. The average molecular weight is 759 g/mol. The molecule has 5 aromatic rings. The molecule has 0 spiro atoms. The summed E-state index contributed by atoms with van der Waals surface area (Å²) in [6, 6.07) is 11.7. The Balaban J connectivity index is 1.01. The predicted octanol–water partition coefficient (Wildman–Crippen LogP) is 6.47. The van der Waals surface area contributed by atoms with Crippen LogP contribution in [0.2, 0.25) is 0 Å². The van der Waals surface area contributed by atoms with E-state index in [1.807, 2.05) is 24.9 Å². The van der Waals surface area contributed by atoms with Gasteiger partial charge in [-0.1, -0.05) is 38.1 Å². The number of benzene rings is 1. The van der Waals surface area contributed by atoms with Gasteiger partial charge in [0.05, 0.1) is 55.0 Å². The van der Waals surface area contributed by atoms with E-state index in [0.717, 1.165) is 64.7 Å². The van der Waals surface area contributed by atoms with Crippen LogP contribution in [0.25, 0.3) is 41.7 Å². The van der Waals surface area contributed by atoms with Crippen molar-refractivity contribution in [3.63, 3.8) is 0 Å². The van der Waals surface area contributed by atoms with Gasteiger partial charge in [0.1, 0.15) is 24.2 Å². The van der Waals surface area contributed by atoms with Crippen molar-refractivity contribution in [1.29, 1.82) is 0 Å². The molecule has 2 aliphatic rings. The van der Waals surface area contributed by atoms with Crippen LogP contribution in [0.1, 0.15) is 63.3 Å². The predicted molar refractivity (Wildman–Crippen MR) is 202 cm³/mol. The molecule has 14 nitrogen and oxygen atoms in total. The lowest BCUT2D eigenvalue weighted by Gasteiger charge is -2.30. The second kappa shape index (κ2) is 15.4. The average Bonchev–Trinajstić information content (AvgIpc) is 4.01. The van der Waals surface area contributed by atoms with Gasteiger partial charge < -0.3 is 39.9 Å². The highest BCUT2D eigenvalue weighted by Crippen LogP contribution is 2.42. The summed E-state index contributed by atoms with van der Waals surface area (Å²) in [7, 11) is 2.56. The van der Waals surface area contributed by atoms with E-state index in [1.165, 1.54) is 28.5 Å². The highest BCUT2D eigenvalue weighted by molar-refractivity contribution is 7.31. The molecule has 2 unspecified atom stereocenters. The molecule has 0 radical (unpaired) electrons. The molecule has 53 heavy (non-hydrogen) atoms. The van der Waals surface area contributed by atoms with Crippen LogP contribution in [0.4, 0.5) is 9.59 Å². The summed E-state index contributed by atoms with van der Waals surface area (Å²) in [5, 5.41) is 5.16. The number of aromatic nitrogens is 4. The molecule has 0 saturated carbocycles. The maximum absolute atomic E-state index is 13.5. The topological polar surface area (TPSA) is 175 Å². The SMILES string of the molecule is COC(=O)NCC(=O)N1CCCC1c1ncc(-c2ccc(-c3cc4sc(-c5cnc(C6CCCN6C(=O)[C@@H](NC(=O)OC)C(C)C)[nH]5)cc4s3)cc2)[nH]1. The van der Waals surface area contributed by atoms with Crippen LogP contribution in [-0.4, -0.2) is 93.6 Å². The van der Waals surface area contributed by atoms with Crippen LogP contribution in [0.5, 0.6) is 0 Å². The van der Waals surface area contributed by atoms with E-state index < -0.39 is 18.2 Å². The smallest absolute Gasteiger partial charge is 0.407 e. The molecule has 0 bridgehead atoms. The molecule has 4 amide bonds. The van der Waals surface area contributed by atoms with Crippen LogP contribution in [0, 0.1) is 5.92 Å². The molecule has 278 valence electrons. The maximum Gasteiger partial charge on any atom is 0.407 e. The molecule has 6 heterocycles. The second-order valence-corrected chi connectivity index (χ2v) is 15.7. The van der Waals surface area contributed by atoms with Crippen LogP contribution >= 0.6 is 22.7 Å². The normalized spacial score (nSPS) is 17.8. The maximum atomic E-state index is 13.5. The zero-order chi connectivity index (χ0) is 37.2. The van der Waals surface area contributed by atoms with Crippen molar-refractivity contribution < 1.29 is 28.7 Å². The molecular weight excluding hydrogens is 717 g/mol. The number of likely N-dealkylation sites (tertiary alicyclic amines) is 2. The number of nitrogens with one attached hydrogen (secondary N) is 4. The number of hydrogen-bond acceptors (Lipinski definition) is 10. The van der Waals surface area contributed by atoms with E-state index in [0.29, 0.717) is 13.1 Å². The van der Waals surface area contributed by atoms with Crippen LogP contribution in [0.15, 0.2) is 48.8 Å². The standard InChI is InChI=1S/C37H42N8O6S2/c1-20(2)32(43-37(49)51-4)35(47)45-14-6-8-26(45)34-39-18-24(42-34)28-16-30-29(53-28)15-27(52-30)22-11-9-21(10-12-22)23-17-38-33(41-23)25-7-5-13-44(25)31(46)19-40-36(48)50-3/h9-12,15-18,20,25-26,32H,5-8,13-14,19H2,1-4H3,(H,38,41)(H,39,42)(H,40,48)(H,43,49)/t25?,26?,32-/m0/s1. The number of ether oxygens (including phenoxy) is 2. The molecule has 4 N–H and O–H groups in total. The molecule has 4 aromatic heterocycles. The van der Waals surface area contributed by atoms with Gasteiger partial charge in [-0.3, -0.25) is 9.59 Å². The zero-order valence-electron chi connectivity index (χ0n) is 29.9. The Labute approximate surface area is 314 Å². The Bertz CT molecular complexity index is 2090. The molecule has 3 atom stereocenters. The third-order valence-corrected chi connectivity index (χ3v) is 12.2. The first-order chi connectivity index (χ1) is 25.6. The number of hydrogen-bond donors (Lipinski definition) is 4. The Morgan fingerprint density at radius 1 is 0.811 bits per heavy atom. The van der Waals surface area contributed by atoms with Crippen LogP contribution < -0.4 is 10.6 Å². The molecule has 2 saturated heterocycles. The van der Waals surface area contributed by atoms with Crippen molar-refractivity contribution in [1.82, 2.24) is 40.4 Å². The first-order valence-electron chi connectivity index (χ1n) is 17.6. The minimum atomic E-state index is -0.679. The number of methoxy groups -OCH3 is 2. The minimum absolute atomic E-state index is 0.0973. The molecule has 2 aliphatic heterocycles. The fourth-order valence-electron chi connectivity index (χ4n) is 7.07. The number of imidazole rings is 2. The number of amides is 4. The van der Waals surface area contributed by atoms with Gasteiger partial charge in [-0.25, -0.2) is 19.6 Å². The van der Waals surface area contributed by atoms with Gasteiger partial charge in [0.25, 0.3) is 0 Å². The summed E-state index contributed by atoms with van der Waals surface area (Å²) in [4.78, 5) is 71.7. The van der Waals surface area contributed by atoms with Gasteiger partial charge in [-0.2, -0.15) is 0 Å². The van der Waals surface area contributed by atoms with E-state index in [1.54, 1.807) is 33.8 Å². The highest BCUT2D eigenvalue weighted by Gasteiger charge is 2.37. The largest absolute Gasteiger partial charge is 0.453 e. The Morgan fingerprint density at radius 2 is 1.38 bits per heavy atom. The third kappa shape index (κ3) is 7.51. The second-order valence-electron chi connectivity index (χ2n) is 13.5. The number of alkyl carbamates (subject to hydrolysis) is 2. The summed E-state index contributed by atoms with van der Waals surface area (Å²) in [5.74, 6) is 1.08. The lowest BCUT2D eigenvalue weighted by Crippen LogP contribution is -2.51. The number of carbonyl (C=O) groups excluding carboxylic acids is 4. The van der Waals surface area contributed by atoms with Gasteiger partial charge in [-0.05, 0) is 54.9 Å². The summed E-state index contributed by atoms with van der Waals surface area (Å²) >= 11 is 3.43. The van der Waals surface area contributed by atoms with Gasteiger partial charge in [-0.15, -0.1) is 22.7 Å². The summed E-state index contributed by atoms with van der Waals surface area (Å²) in [5.41, 5.74) is 3.89. The summed E-state index contributed by atoms with van der Waals surface area (Å²) < 4.78 is 11.7. The van der Waals surface area contributed by atoms with E-state index in [2.05, 4.69) is 66.7 Å². The molecular formula is C37H42N8O6S2. The first kappa shape index (κ1) is 36.2. The molecule has 7 rings (SSSR count). The van der Waals surface area contributed by atoms with E-state index >= 15 is 0 Å². The van der Waals surface area contributed by atoms with Crippen molar-refractivity contribution in [2.24, 2.45) is 5.92 Å². The fraction of sp³-hybridized carbons (Fsp3) is 0.405. The molecule has 0 aliphatic carbocycles. The Morgan fingerprint density at radius 3 is 2.04 bits per heavy atom. The number of aromatic amines is 2.